The van der Waals surface area contributed by atoms with E-state index in [4.69, 9.17) is 14.4 Å². The first-order valence-electron chi connectivity index (χ1n) is 8.10. The number of carbonyl (C=O) groups excluding carboxylic acids is 2. The number of benzene rings is 2. The summed E-state index contributed by atoms with van der Waals surface area (Å²) >= 11 is 0. The zero-order valence-electron chi connectivity index (χ0n) is 14.4. The molecule has 1 N–H and O–H groups in total. The Morgan fingerprint density at radius 1 is 1.26 bits per heavy atom. The van der Waals surface area contributed by atoms with E-state index in [2.05, 4.69) is 10.3 Å². The monoisotopic (exact) mass is 361 g/mol. The topological polar surface area (TPSA) is 105 Å². The van der Waals surface area contributed by atoms with Crippen LogP contribution in [0, 0.1) is 11.3 Å². The van der Waals surface area contributed by atoms with Crippen LogP contribution in [0.15, 0.2) is 59.0 Å². The Balaban J connectivity index is 1.57. The van der Waals surface area contributed by atoms with Crippen LogP contribution in [0.1, 0.15) is 18.4 Å². The molecule has 3 aromatic rings. The Morgan fingerprint density at radius 2 is 2.07 bits per heavy atom. The van der Waals surface area contributed by atoms with Crippen LogP contribution in [-0.4, -0.2) is 23.0 Å². The van der Waals surface area contributed by atoms with Crippen LogP contribution < -0.4 is 5.32 Å². The summed E-state index contributed by atoms with van der Waals surface area (Å²) < 4.78 is 10.5. The number of ether oxygens (including phenoxy) is 1. The fraction of sp³-hybridized carbons (Fsp3) is 0.100. The number of nitriles is 1. The molecular weight excluding hydrogens is 346 g/mol. The molecule has 1 amide bonds. The Bertz CT molecular complexity index is 1030. The van der Waals surface area contributed by atoms with Gasteiger partial charge in [0, 0.05) is 17.8 Å². The van der Waals surface area contributed by atoms with Crippen LogP contribution in [0.25, 0.3) is 17.2 Å². The van der Waals surface area contributed by atoms with Crippen molar-refractivity contribution in [1.82, 2.24) is 4.98 Å². The molecule has 27 heavy (non-hydrogen) atoms. The van der Waals surface area contributed by atoms with E-state index in [1.807, 2.05) is 18.2 Å². The Labute approximate surface area is 154 Å². The molecule has 0 aliphatic rings. The van der Waals surface area contributed by atoms with E-state index in [0.717, 1.165) is 6.08 Å². The fourth-order valence-electron chi connectivity index (χ4n) is 2.28. The molecule has 1 atom stereocenters. The summed E-state index contributed by atoms with van der Waals surface area (Å²) in [4.78, 5) is 28.2. The fourth-order valence-corrected chi connectivity index (χ4v) is 2.28. The quantitative estimate of drug-likeness (QED) is 0.552. The molecule has 0 spiro atoms. The van der Waals surface area contributed by atoms with E-state index >= 15 is 0 Å². The number of esters is 1. The lowest BCUT2D eigenvalue weighted by Crippen LogP contribution is -2.29. The third-order valence-corrected chi connectivity index (χ3v) is 3.59. The third-order valence-electron chi connectivity index (χ3n) is 3.59. The second kappa shape index (κ2) is 7.97. The summed E-state index contributed by atoms with van der Waals surface area (Å²) in [5.41, 5.74) is 2.15. The summed E-state index contributed by atoms with van der Waals surface area (Å²) in [5, 5.41) is 11.5. The number of para-hydroxylation sites is 2. The predicted octanol–water partition coefficient (Wildman–Crippen LogP) is 3.28. The highest BCUT2D eigenvalue weighted by molar-refractivity contribution is 5.96. The average molecular weight is 361 g/mol. The van der Waals surface area contributed by atoms with E-state index in [1.54, 1.807) is 30.3 Å². The average Bonchev–Trinajstić information content (AvgIpc) is 3.09. The van der Waals surface area contributed by atoms with Crippen LogP contribution >= 0.6 is 0 Å². The highest BCUT2D eigenvalue weighted by atomic mass is 16.5. The first-order chi connectivity index (χ1) is 13.0. The minimum atomic E-state index is -1.02. The van der Waals surface area contributed by atoms with E-state index in [0.29, 0.717) is 22.4 Å². The van der Waals surface area contributed by atoms with Gasteiger partial charge in [-0.2, -0.15) is 5.26 Å². The lowest BCUT2D eigenvalue weighted by Gasteiger charge is -2.12. The molecule has 7 nitrogen and oxygen atoms in total. The lowest BCUT2D eigenvalue weighted by molar-refractivity contribution is -0.148. The Morgan fingerprint density at radius 3 is 2.85 bits per heavy atom. The van der Waals surface area contributed by atoms with Crippen molar-refractivity contribution in [1.29, 1.82) is 5.26 Å². The van der Waals surface area contributed by atoms with Gasteiger partial charge in [0.2, 0.25) is 5.89 Å². The number of nitrogens with zero attached hydrogens (tertiary/aromatic N) is 2. The van der Waals surface area contributed by atoms with Crippen LogP contribution in [0.4, 0.5) is 5.69 Å². The number of oxazole rings is 1. The highest BCUT2D eigenvalue weighted by Gasteiger charge is 2.17. The van der Waals surface area contributed by atoms with Crippen molar-refractivity contribution in [3.63, 3.8) is 0 Å². The third kappa shape index (κ3) is 4.58. The molecule has 3 rings (SSSR count). The summed E-state index contributed by atoms with van der Waals surface area (Å²) in [5.74, 6) is -0.946. The first-order valence-corrected chi connectivity index (χ1v) is 8.10. The standard InChI is InChI=1S/C20H15N3O4/c1-13(20(25)22-15-6-4-5-14(11-15)12-21)26-19(24)10-9-18-23-16-7-2-3-8-17(16)27-18/h2-11,13H,1H3,(H,22,25)/b10-9+/t13-/m0/s1. The van der Waals surface area contributed by atoms with Gasteiger partial charge in [-0.25, -0.2) is 9.78 Å². The number of hydrogen-bond acceptors (Lipinski definition) is 6. The molecule has 0 radical (unpaired) electrons. The zero-order valence-corrected chi connectivity index (χ0v) is 14.4. The van der Waals surface area contributed by atoms with Gasteiger partial charge in [-0.05, 0) is 37.3 Å². The van der Waals surface area contributed by atoms with Crippen molar-refractivity contribution < 1.29 is 18.7 Å². The van der Waals surface area contributed by atoms with E-state index in [9.17, 15) is 9.59 Å². The molecule has 0 unspecified atom stereocenters. The number of hydrogen-bond donors (Lipinski definition) is 1. The number of fused-ring (bicyclic) bond motifs is 1. The second-order valence-corrected chi connectivity index (χ2v) is 5.61. The molecule has 0 saturated carbocycles. The molecule has 0 saturated heterocycles. The first kappa shape index (κ1) is 17.9. The van der Waals surface area contributed by atoms with Gasteiger partial charge in [0.25, 0.3) is 5.91 Å². The molecule has 0 bridgehead atoms. The van der Waals surface area contributed by atoms with E-state index in [-0.39, 0.29) is 5.89 Å². The lowest BCUT2D eigenvalue weighted by atomic mass is 10.2. The maximum absolute atomic E-state index is 12.1. The van der Waals surface area contributed by atoms with Crippen molar-refractivity contribution in [3.8, 4) is 6.07 Å². The number of amides is 1. The van der Waals surface area contributed by atoms with Crippen molar-refractivity contribution >= 4 is 34.7 Å². The number of rotatable bonds is 5. The van der Waals surface area contributed by atoms with E-state index < -0.39 is 18.0 Å². The molecule has 0 aliphatic heterocycles. The van der Waals surface area contributed by atoms with Crippen LogP contribution in [-0.2, 0) is 14.3 Å². The molecule has 1 heterocycles. The molecule has 1 aromatic heterocycles. The Hall–Kier alpha value is -3.92. The van der Waals surface area contributed by atoms with Gasteiger partial charge in [0.15, 0.2) is 11.7 Å². The van der Waals surface area contributed by atoms with Crippen LogP contribution in [0.5, 0.6) is 0 Å². The van der Waals surface area contributed by atoms with Gasteiger partial charge >= 0.3 is 5.97 Å². The number of carbonyl (C=O) groups is 2. The van der Waals surface area contributed by atoms with Gasteiger partial charge < -0.3 is 14.5 Å². The van der Waals surface area contributed by atoms with Gasteiger partial charge in [0.1, 0.15) is 5.52 Å². The largest absolute Gasteiger partial charge is 0.449 e. The van der Waals surface area contributed by atoms with Gasteiger partial charge in [-0.15, -0.1) is 0 Å². The maximum Gasteiger partial charge on any atom is 0.331 e. The summed E-state index contributed by atoms with van der Waals surface area (Å²) in [6.07, 6.45) is 1.50. The molecule has 0 aliphatic carbocycles. The number of aromatic nitrogens is 1. The summed E-state index contributed by atoms with van der Waals surface area (Å²) in [7, 11) is 0. The molecular formula is C20H15N3O4. The highest BCUT2D eigenvalue weighted by Crippen LogP contribution is 2.15. The normalized spacial score (nSPS) is 11.9. The Kier molecular flexibility index (Phi) is 5.28. The van der Waals surface area contributed by atoms with Gasteiger partial charge in [-0.1, -0.05) is 18.2 Å². The maximum atomic E-state index is 12.1. The summed E-state index contributed by atoms with van der Waals surface area (Å²) in [6.45, 7) is 1.45. The minimum Gasteiger partial charge on any atom is -0.449 e. The van der Waals surface area contributed by atoms with Gasteiger partial charge in [-0.3, -0.25) is 4.79 Å². The molecule has 2 aromatic carbocycles. The van der Waals surface area contributed by atoms with Gasteiger partial charge in [0.05, 0.1) is 11.6 Å². The van der Waals surface area contributed by atoms with E-state index in [1.165, 1.54) is 19.1 Å². The van der Waals surface area contributed by atoms with Crippen molar-refractivity contribution in [2.45, 2.75) is 13.0 Å². The molecule has 134 valence electrons. The SMILES string of the molecule is C[C@H](OC(=O)/C=C/c1nc2ccccc2o1)C(=O)Nc1cccc(C#N)c1. The van der Waals surface area contributed by atoms with Crippen molar-refractivity contribution in [2.24, 2.45) is 0 Å². The number of nitrogens with one attached hydrogen (secondary N) is 1. The van der Waals surface area contributed by atoms with Crippen LogP contribution in [0.2, 0.25) is 0 Å². The zero-order chi connectivity index (χ0) is 19.2. The van der Waals surface area contributed by atoms with Crippen LogP contribution in [0.3, 0.4) is 0 Å². The molecule has 7 heteroatoms. The second-order valence-electron chi connectivity index (χ2n) is 5.61. The number of anilines is 1. The summed E-state index contributed by atoms with van der Waals surface area (Å²) in [6, 6.07) is 15.6. The predicted molar refractivity (Wildman–Crippen MR) is 98.4 cm³/mol. The van der Waals surface area contributed by atoms with Crippen molar-refractivity contribution in [2.75, 3.05) is 5.32 Å². The minimum absolute atomic E-state index is 0.263. The van der Waals surface area contributed by atoms with Crippen molar-refractivity contribution in [3.05, 3.63) is 66.1 Å². The molecule has 0 fully saturated rings. The smallest absolute Gasteiger partial charge is 0.331 e.